The third-order valence-corrected chi connectivity index (χ3v) is 1.66. The van der Waals surface area contributed by atoms with Crippen molar-refractivity contribution in [3.05, 3.63) is 0 Å². The molecule has 0 heterocycles. The van der Waals surface area contributed by atoms with Crippen molar-refractivity contribution >= 4 is 11.9 Å². The van der Waals surface area contributed by atoms with Gasteiger partial charge in [0.15, 0.2) is 0 Å². The highest BCUT2D eigenvalue weighted by molar-refractivity contribution is 5.73. The Morgan fingerprint density at radius 3 is 2.38 bits per heavy atom. The van der Waals surface area contributed by atoms with Crippen LogP contribution >= 0.6 is 0 Å². The molecule has 0 aromatic heterocycles. The number of aliphatic hydroxyl groups is 1. The number of rotatable bonds is 5. The predicted molar refractivity (Wildman–Crippen MR) is 46.2 cm³/mol. The molecule has 0 rings (SSSR count). The van der Waals surface area contributed by atoms with Crippen LogP contribution < -0.4 is 5.32 Å². The number of carboxylic acid groups (broad SMARTS) is 1. The Bertz CT molecular complexity index is 193. The van der Waals surface area contributed by atoms with Crippen LogP contribution in [0.1, 0.15) is 26.7 Å². The summed E-state index contributed by atoms with van der Waals surface area (Å²) in [6, 6.07) is -0.406. The van der Waals surface area contributed by atoms with E-state index in [1.807, 2.05) is 0 Å². The molecule has 0 aromatic carbocycles. The van der Waals surface area contributed by atoms with E-state index in [1.165, 1.54) is 6.92 Å². The van der Waals surface area contributed by atoms with E-state index in [9.17, 15) is 14.7 Å². The van der Waals surface area contributed by atoms with Crippen LogP contribution in [0.2, 0.25) is 0 Å². The first-order valence-corrected chi connectivity index (χ1v) is 4.10. The van der Waals surface area contributed by atoms with E-state index in [2.05, 4.69) is 5.32 Å². The molecule has 2 unspecified atom stereocenters. The van der Waals surface area contributed by atoms with Gasteiger partial charge in [0.1, 0.15) is 0 Å². The van der Waals surface area contributed by atoms with E-state index in [0.717, 1.165) is 0 Å². The smallest absolute Gasteiger partial charge is 0.303 e. The number of hydrogen-bond acceptors (Lipinski definition) is 3. The highest BCUT2D eigenvalue weighted by Gasteiger charge is 2.15. The number of amides is 1. The topological polar surface area (TPSA) is 86.6 Å². The number of carbonyl (C=O) groups excluding carboxylic acids is 1. The minimum Gasteiger partial charge on any atom is -0.481 e. The molecular formula is C8H15NO4. The fourth-order valence-electron chi connectivity index (χ4n) is 0.938. The predicted octanol–water partition coefficient (Wildman–Crippen LogP) is -0.263. The standard InChI is InChI=1S/C8H15NO4/c1-5(9-6(2)10)7(11)3-4-8(12)13/h5,7,11H,3-4H2,1-2H3,(H,9,10)(H,12,13). The fraction of sp³-hybridized carbons (Fsp3) is 0.750. The number of aliphatic hydroxyl groups excluding tert-OH is 1. The summed E-state index contributed by atoms with van der Waals surface area (Å²) in [6.45, 7) is 2.98. The molecule has 0 aliphatic heterocycles. The molecule has 13 heavy (non-hydrogen) atoms. The lowest BCUT2D eigenvalue weighted by Gasteiger charge is -2.18. The van der Waals surface area contributed by atoms with Crippen LogP contribution in [0.15, 0.2) is 0 Å². The molecule has 76 valence electrons. The normalized spacial score (nSPS) is 14.7. The average Bonchev–Trinajstić information content (AvgIpc) is 1.98. The quantitative estimate of drug-likeness (QED) is 0.556. The van der Waals surface area contributed by atoms with Crippen molar-refractivity contribution in [3.63, 3.8) is 0 Å². The molecule has 0 saturated heterocycles. The zero-order valence-corrected chi connectivity index (χ0v) is 7.78. The Morgan fingerprint density at radius 2 is 2.00 bits per heavy atom. The van der Waals surface area contributed by atoms with Gasteiger partial charge in [-0.05, 0) is 13.3 Å². The van der Waals surface area contributed by atoms with Gasteiger partial charge in [-0.3, -0.25) is 9.59 Å². The van der Waals surface area contributed by atoms with Gasteiger partial charge in [-0.25, -0.2) is 0 Å². The summed E-state index contributed by atoms with van der Waals surface area (Å²) in [5, 5.41) is 20.1. The van der Waals surface area contributed by atoms with Crippen molar-refractivity contribution in [3.8, 4) is 0 Å². The maximum Gasteiger partial charge on any atom is 0.303 e. The maximum atomic E-state index is 10.6. The van der Waals surface area contributed by atoms with Crippen molar-refractivity contribution in [2.45, 2.75) is 38.8 Å². The minimum absolute atomic E-state index is 0.0922. The SMILES string of the molecule is CC(=O)NC(C)C(O)CCC(=O)O. The van der Waals surface area contributed by atoms with Gasteiger partial charge in [-0.2, -0.15) is 0 Å². The first-order chi connectivity index (χ1) is 5.93. The van der Waals surface area contributed by atoms with E-state index in [-0.39, 0.29) is 18.7 Å². The van der Waals surface area contributed by atoms with Crippen LogP contribution in [0.25, 0.3) is 0 Å². The van der Waals surface area contributed by atoms with Crippen molar-refractivity contribution in [2.75, 3.05) is 0 Å². The van der Waals surface area contributed by atoms with Crippen molar-refractivity contribution in [1.29, 1.82) is 0 Å². The van der Waals surface area contributed by atoms with Crippen molar-refractivity contribution in [2.24, 2.45) is 0 Å². The number of aliphatic carboxylic acids is 1. The number of hydrogen-bond donors (Lipinski definition) is 3. The lowest BCUT2D eigenvalue weighted by atomic mass is 10.1. The monoisotopic (exact) mass is 189 g/mol. The minimum atomic E-state index is -0.950. The molecule has 0 bridgehead atoms. The summed E-state index contributed by atoms with van der Waals surface area (Å²) in [4.78, 5) is 20.7. The summed E-state index contributed by atoms with van der Waals surface area (Å²) in [5.74, 6) is -1.18. The third kappa shape index (κ3) is 6.10. The zero-order valence-electron chi connectivity index (χ0n) is 7.78. The third-order valence-electron chi connectivity index (χ3n) is 1.66. The molecule has 2 atom stereocenters. The molecule has 0 aliphatic rings. The fourth-order valence-corrected chi connectivity index (χ4v) is 0.938. The summed E-state index contributed by atoms with van der Waals surface area (Å²) in [5.41, 5.74) is 0. The van der Waals surface area contributed by atoms with Crippen LogP contribution in [0.4, 0.5) is 0 Å². The second-order valence-corrected chi connectivity index (χ2v) is 2.99. The van der Waals surface area contributed by atoms with Crippen LogP contribution in [-0.4, -0.2) is 34.2 Å². The summed E-state index contributed by atoms with van der Waals surface area (Å²) >= 11 is 0. The van der Waals surface area contributed by atoms with E-state index in [4.69, 9.17) is 5.11 Å². The molecule has 0 fully saturated rings. The molecule has 0 saturated carbocycles. The molecule has 5 nitrogen and oxygen atoms in total. The van der Waals surface area contributed by atoms with Gasteiger partial charge in [-0.1, -0.05) is 0 Å². The lowest BCUT2D eigenvalue weighted by Crippen LogP contribution is -2.40. The highest BCUT2D eigenvalue weighted by Crippen LogP contribution is 2.02. The summed E-state index contributed by atoms with van der Waals surface area (Å²) < 4.78 is 0. The van der Waals surface area contributed by atoms with E-state index >= 15 is 0 Å². The van der Waals surface area contributed by atoms with Crippen LogP contribution in [0.3, 0.4) is 0 Å². The first kappa shape index (κ1) is 11.9. The number of nitrogens with one attached hydrogen (secondary N) is 1. The molecule has 0 aliphatic carbocycles. The van der Waals surface area contributed by atoms with E-state index in [0.29, 0.717) is 0 Å². The summed E-state index contributed by atoms with van der Waals surface area (Å²) in [6.07, 6.45) is -0.748. The Morgan fingerprint density at radius 1 is 1.46 bits per heavy atom. The van der Waals surface area contributed by atoms with Crippen molar-refractivity contribution in [1.82, 2.24) is 5.32 Å². The number of carboxylic acids is 1. The maximum absolute atomic E-state index is 10.6. The Labute approximate surface area is 76.8 Å². The van der Waals surface area contributed by atoms with Gasteiger partial charge in [0.25, 0.3) is 0 Å². The Balaban J connectivity index is 3.75. The molecule has 0 radical (unpaired) electrons. The van der Waals surface area contributed by atoms with Gasteiger partial charge in [-0.15, -0.1) is 0 Å². The van der Waals surface area contributed by atoms with Gasteiger partial charge < -0.3 is 15.5 Å². The number of carbonyl (C=O) groups is 2. The first-order valence-electron chi connectivity index (χ1n) is 4.10. The van der Waals surface area contributed by atoms with Crippen LogP contribution in [0, 0.1) is 0 Å². The van der Waals surface area contributed by atoms with Crippen LogP contribution in [0.5, 0.6) is 0 Å². The van der Waals surface area contributed by atoms with Gasteiger partial charge in [0.05, 0.1) is 12.1 Å². The largest absolute Gasteiger partial charge is 0.481 e. The summed E-state index contributed by atoms with van der Waals surface area (Å²) in [7, 11) is 0. The second-order valence-electron chi connectivity index (χ2n) is 2.99. The van der Waals surface area contributed by atoms with Crippen molar-refractivity contribution < 1.29 is 19.8 Å². The van der Waals surface area contributed by atoms with Gasteiger partial charge in [0, 0.05) is 13.3 Å². The molecule has 5 heteroatoms. The zero-order chi connectivity index (χ0) is 10.4. The van der Waals surface area contributed by atoms with Gasteiger partial charge in [0.2, 0.25) is 5.91 Å². The van der Waals surface area contributed by atoms with E-state index in [1.54, 1.807) is 6.92 Å². The Kier molecular flexibility index (Phi) is 5.06. The molecule has 0 spiro atoms. The molecule has 3 N–H and O–H groups in total. The van der Waals surface area contributed by atoms with Crippen LogP contribution in [-0.2, 0) is 9.59 Å². The lowest BCUT2D eigenvalue weighted by molar-refractivity contribution is -0.137. The molecule has 0 aromatic rings. The second kappa shape index (κ2) is 5.53. The molecule has 1 amide bonds. The highest BCUT2D eigenvalue weighted by atomic mass is 16.4. The van der Waals surface area contributed by atoms with Gasteiger partial charge >= 0.3 is 5.97 Å². The van der Waals surface area contributed by atoms with E-state index < -0.39 is 18.1 Å². The Hall–Kier alpha value is -1.10. The molecular weight excluding hydrogens is 174 g/mol. The average molecular weight is 189 g/mol.